The average Bonchev–Trinajstić information content (AvgIpc) is 1.82. The fourth-order valence-corrected chi connectivity index (χ4v) is 1.62. The van der Waals surface area contributed by atoms with Crippen molar-refractivity contribution in [3.05, 3.63) is 0 Å². The molecule has 0 aromatic heterocycles. The van der Waals surface area contributed by atoms with Gasteiger partial charge in [0.15, 0.2) is 15.7 Å². The van der Waals surface area contributed by atoms with Crippen LogP contribution in [0.15, 0.2) is 0 Å². The van der Waals surface area contributed by atoms with Gasteiger partial charge in [0.25, 0.3) is 0 Å². The molecule has 0 bridgehead atoms. The number of rotatable bonds is 5. The fraction of sp³-hybridized carbons (Fsp3) is 0.778. The lowest BCUT2D eigenvalue weighted by Gasteiger charge is -2.27. The first-order valence-corrected chi connectivity index (χ1v) is 4.85. The smallest absolute Gasteiger partial charge is 0.158 e. The first kappa shape index (κ1) is 12.5. The molecule has 1 unspecified atom stereocenters. The Morgan fingerprint density at radius 2 is 1.77 bits per heavy atom. The van der Waals surface area contributed by atoms with E-state index in [1.54, 1.807) is 0 Å². The highest BCUT2D eigenvalue weighted by Gasteiger charge is 2.22. The van der Waals surface area contributed by atoms with Gasteiger partial charge in [0.2, 0.25) is 0 Å². The zero-order chi connectivity index (χ0) is 10.6. The SMILES string of the molecule is BC(=N)CC(C)CC(C)(C)C(B)=N. The summed E-state index contributed by atoms with van der Waals surface area (Å²) < 4.78 is 0. The molecule has 4 heteroatoms. The minimum atomic E-state index is -0.00509. The van der Waals surface area contributed by atoms with E-state index in [4.69, 9.17) is 10.8 Å². The van der Waals surface area contributed by atoms with Crippen molar-refractivity contribution in [3.8, 4) is 0 Å². The zero-order valence-electron chi connectivity index (χ0n) is 9.49. The van der Waals surface area contributed by atoms with Gasteiger partial charge >= 0.3 is 0 Å². The largest absolute Gasteiger partial charge is 0.320 e. The number of nitrogens with one attached hydrogen (secondary N) is 2. The van der Waals surface area contributed by atoms with Crippen molar-refractivity contribution >= 4 is 26.9 Å². The molecule has 0 rings (SSSR count). The van der Waals surface area contributed by atoms with E-state index < -0.39 is 0 Å². The van der Waals surface area contributed by atoms with E-state index in [2.05, 4.69) is 20.8 Å². The molecule has 0 radical (unpaired) electrons. The molecule has 0 saturated carbocycles. The van der Waals surface area contributed by atoms with Gasteiger partial charge in [0.05, 0.1) is 0 Å². The Balaban J connectivity index is 4.11. The number of hydrogen-bond acceptors (Lipinski definition) is 2. The predicted octanol–water partition coefficient (Wildman–Crippen LogP) is 0.650. The molecule has 2 nitrogen and oxygen atoms in total. The van der Waals surface area contributed by atoms with Crippen molar-refractivity contribution in [1.82, 2.24) is 0 Å². The molecule has 0 aromatic rings. The third-order valence-corrected chi connectivity index (χ3v) is 2.53. The molecule has 2 N–H and O–H groups in total. The first-order chi connectivity index (χ1) is 5.75. The Hall–Kier alpha value is -0.530. The van der Waals surface area contributed by atoms with E-state index in [1.165, 1.54) is 0 Å². The molecule has 72 valence electrons. The van der Waals surface area contributed by atoms with Crippen LogP contribution in [0.4, 0.5) is 0 Å². The maximum Gasteiger partial charge on any atom is 0.158 e. The number of hydrogen-bond donors (Lipinski definition) is 2. The molecule has 0 spiro atoms. The Labute approximate surface area is 83.3 Å². The van der Waals surface area contributed by atoms with Crippen molar-refractivity contribution in [2.24, 2.45) is 11.3 Å². The van der Waals surface area contributed by atoms with Gasteiger partial charge in [-0.3, -0.25) is 0 Å². The highest BCUT2D eigenvalue weighted by atomic mass is 14.4. The first-order valence-electron chi connectivity index (χ1n) is 4.85. The third kappa shape index (κ3) is 4.91. The summed E-state index contributed by atoms with van der Waals surface area (Å²) in [5, 5.41) is 15.0. The quantitative estimate of drug-likeness (QED) is 0.458. The molecular formula is C9H20B2N2. The summed E-state index contributed by atoms with van der Waals surface area (Å²) >= 11 is 0. The van der Waals surface area contributed by atoms with Crippen LogP contribution in [0, 0.1) is 22.2 Å². The van der Waals surface area contributed by atoms with E-state index in [0.717, 1.165) is 24.1 Å². The van der Waals surface area contributed by atoms with Gasteiger partial charge < -0.3 is 10.8 Å². The molecule has 0 amide bonds. The van der Waals surface area contributed by atoms with Crippen LogP contribution in [-0.4, -0.2) is 26.9 Å². The highest BCUT2D eigenvalue weighted by molar-refractivity contribution is 6.60. The van der Waals surface area contributed by atoms with Gasteiger partial charge in [-0.1, -0.05) is 20.8 Å². The average molecular weight is 178 g/mol. The maximum absolute atomic E-state index is 7.62. The lowest BCUT2D eigenvalue weighted by molar-refractivity contribution is 0.385. The summed E-state index contributed by atoms with van der Waals surface area (Å²) in [6.07, 6.45) is 1.86. The lowest BCUT2D eigenvalue weighted by atomic mass is 9.70. The Kier molecular flexibility index (Phi) is 4.45. The fourth-order valence-electron chi connectivity index (χ4n) is 1.62. The molecule has 0 aromatic carbocycles. The molecule has 0 fully saturated rings. The van der Waals surface area contributed by atoms with E-state index in [1.807, 2.05) is 15.7 Å². The Morgan fingerprint density at radius 1 is 1.31 bits per heavy atom. The van der Waals surface area contributed by atoms with Crippen LogP contribution in [0.3, 0.4) is 0 Å². The molecule has 0 aliphatic heterocycles. The normalized spacial score (nSPS) is 13.8. The van der Waals surface area contributed by atoms with Crippen molar-refractivity contribution in [2.75, 3.05) is 0 Å². The van der Waals surface area contributed by atoms with E-state index in [9.17, 15) is 0 Å². The second-order valence-corrected chi connectivity index (χ2v) is 4.80. The monoisotopic (exact) mass is 178 g/mol. The van der Waals surface area contributed by atoms with Crippen LogP contribution in [-0.2, 0) is 0 Å². The molecule has 0 aliphatic carbocycles. The standard InChI is InChI=1S/C9H20B2N2/c1-6(4-7(10)12)5-9(2,3)8(11)13/h6,12-13H,4-5,10-11H2,1-3H3. The van der Waals surface area contributed by atoms with Crippen LogP contribution >= 0.6 is 0 Å². The minimum Gasteiger partial charge on any atom is -0.320 e. The Bertz CT molecular complexity index is 212. The van der Waals surface area contributed by atoms with Crippen LogP contribution in [0.25, 0.3) is 0 Å². The second kappa shape index (κ2) is 4.64. The predicted molar refractivity (Wildman–Crippen MR) is 64.7 cm³/mol. The summed E-state index contributed by atoms with van der Waals surface area (Å²) in [7, 11) is 3.71. The van der Waals surface area contributed by atoms with Crippen LogP contribution < -0.4 is 0 Å². The summed E-state index contributed by atoms with van der Waals surface area (Å²) in [6, 6.07) is 0. The van der Waals surface area contributed by atoms with Crippen LogP contribution in [0.1, 0.15) is 33.6 Å². The minimum absolute atomic E-state index is 0.00509. The topological polar surface area (TPSA) is 47.7 Å². The van der Waals surface area contributed by atoms with Crippen molar-refractivity contribution < 1.29 is 0 Å². The summed E-state index contributed by atoms with van der Waals surface area (Å²) in [6.45, 7) is 6.36. The summed E-state index contributed by atoms with van der Waals surface area (Å²) in [4.78, 5) is 0. The maximum atomic E-state index is 7.62. The highest BCUT2D eigenvalue weighted by Crippen LogP contribution is 2.27. The van der Waals surface area contributed by atoms with Gasteiger partial charge in [-0.25, -0.2) is 0 Å². The molecule has 1 atom stereocenters. The molecular weight excluding hydrogens is 158 g/mol. The summed E-state index contributed by atoms with van der Waals surface area (Å²) in [5.74, 6) is 0.507. The molecule has 0 saturated heterocycles. The van der Waals surface area contributed by atoms with Crippen LogP contribution in [0.2, 0.25) is 0 Å². The molecule has 13 heavy (non-hydrogen) atoms. The van der Waals surface area contributed by atoms with Crippen molar-refractivity contribution in [2.45, 2.75) is 33.6 Å². The van der Waals surface area contributed by atoms with Gasteiger partial charge in [0, 0.05) is 0 Å². The van der Waals surface area contributed by atoms with Gasteiger partial charge in [-0.05, 0) is 35.4 Å². The third-order valence-electron chi connectivity index (χ3n) is 2.53. The van der Waals surface area contributed by atoms with Gasteiger partial charge in [-0.15, -0.1) is 0 Å². The van der Waals surface area contributed by atoms with E-state index >= 15 is 0 Å². The van der Waals surface area contributed by atoms with E-state index in [-0.39, 0.29) is 5.41 Å². The lowest BCUT2D eigenvalue weighted by Crippen LogP contribution is -2.26. The van der Waals surface area contributed by atoms with Crippen molar-refractivity contribution in [3.63, 3.8) is 0 Å². The van der Waals surface area contributed by atoms with Crippen LogP contribution in [0.5, 0.6) is 0 Å². The molecule has 0 aliphatic rings. The zero-order valence-corrected chi connectivity index (χ0v) is 9.49. The van der Waals surface area contributed by atoms with Gasteiger partial charge in [0.1, 0.15) is 0 Å². The molecule has 0 heterocycles. The second-order valence-electron chi connectivity index (χ2n) is 4.80. The van der Waals surface area contributed by atoms with E-state index in [0.29, 0.717) is 5.92 Å². The van der Waals surface area contributed by atoms with Gasteiger partial charge in [-0.2, -0.15) is 0 Å². The summed E-state index contributed by atoms with van der Waals surface area (Å²) in [5.41, 5.74) is 1.47. The Morgan fingerprint density at radius 3 is 2.08 bits per heavy atom. The van der Waals surface area contributed by atoms with Crippen molar-refractivity contribution in [1.29, 1.82) is 10.8 Å².